The Balaban J connectivity index is 2.14. The van der Waals surface area contributed by atoms with Gasteiger partial charge in [-0.25, -0.2) is 4.79 Å². The Bertz CT molecular complexity index is 908. The van der Waals surface area contributed by atoms with Gasteiger partial charge >= 0.3 is 5.97 Å². The molecule has 0 saturated heterocycles. The van der Waals surface area contributed by atoms with E-state index in [-0.39, 0.29) is 11.9 Å². The number of ether oxygens (including phenoxy) is 1. The first-order valence-corrected chi connectivity index (χ1v) is 9.77. The van der Waals surface area contributed by atoms with Gasteiger partial charge < -0.3 is 4.74 Å². The van der Waals surface area contributed by atoms with Crippen molar-refractivity contribution in [3.8, 4) is 0 Å². The molecule has 0 aromatic heterocycles. The molecule has 146 valence electrons. The summed E-state index contributed by atoms with van der Waals surface area (Å²) in [4.78, 5) is 17.9. The summed E-state index contributed by atoms with van der Waals surface area (Å²) >= 11 is 0. The SMILES string of the molecule is C=C[C@H](c1ccccc1)[C@H](N=C(c1ccccc1)c1ccccc1)C(=O)OCC. The first-order valence-electron chi connectivity index (χ1n) is 9.77. The van der Waals surface area contributed by atoms with Crippen LogP contribution in [0.15, 0.2) is 109 Å². The average Bonchev–Trinajstić information content (AvgIpc) is 2.78. The largest absolute Gasteiger partial charge is 0.464 e. The number of hydrogen-bond acceptors (Lipinski definition) is 3. The van der Waals surface area contributed by atoms with Crippen LogP contribution in [-0.4, -0.2) is 24.3 Å². The van der Waals surface area contributed by atoms with Gasteiger partial charge in [-0.15, -0.1) is 6.58 Å². The standard InChI is InChI=1S/C26H25NO2/c1-3-23(20-14-8-5-9-15-20)25(26(28)29-4-2)27-24(21-16-10-6-11-17-21)22-18-12-7-13-19-22/h3,5-19,23,25H,1,4H2,2H3/t23-,25+/m1/s1. The van der Waals surface area contributed by atoms with Gasteiger partial charge in [-0.1, -0.05) is 97.1 Å². The van der Waals surface area contributed by atoms with Crippen LogP contribution in [0.5, 0.6) is 0 Å². The molecular formula is C26H25NO2. The van der Waals surface area contributed by atoms with Crippen molar-refractivity contribution in [2.75, 3.05) is 6.61 Å². The highest BCUT2D eigenvalue weighted by Crippen LogP contribution is 2.26. The minimum atomic E-state index is -0.731. The first-order chi connectivity index (χ1) is 14.2. The van der Waals surface area contributed by atoms with Crippen molar-refractivity contribution >= 4 is 11.7 Å². The fourth-order valence-corrected chi connectivity index (χ4v) is 3.28. The quantitative estimate of drug-likeness (QED) is 0.296. The second-order valence-electron chi connectivity index (χ2n) is 6.58. The minimum absolute atomic E-state index is 0.294. The summed E-state index contributed by atoms with van der Waals surface area (Å²) in [5.41, 5.74) is 3.63. The summed E-state index contributed by atoms with van der Waals surface area (Å²) in [5, 5.41) is 0. The third-order valence-electron chi connectivity index (χ3n) is 4.67. The number of rotatable bonds is 8. The van der Waals surface area contributed by atoms with Gasteiger partial charge in [-0.3, -0.25) is 4.99 Å². The molecule has 0 spiro atoms. The van der Waals surface area contributed by atoms with E-state index in [1.165, 1.54) is 0 Å². The molecule has 2 atom stereocenters. The van der Waals surface area contributed by atoms with Crippen LogP contribution in [0.1, 0.15) is 29.5 Å². The van der Waals surface area contributed by atoms with Crippen LogP contribution in [0.2, 0.25) is 0 Å². The molecule has 3 rings (SSSR count). The summed E-state index contributed by atoms with van der Waals surface area (Å²) in [7, 11) is 0. The second-order valence-corrected chi connectivity index (χ2v) is 6.58. The van der Waals surface area contributed by atoms with Gasteiger partial charge in [0.1, 0.15) is 0 Å². The Kier molecular flexibility index (Phi) is 7.12. The Hall–Kier alpha value is -3.46. The van der Waals surface area contributed by atoms with Crippen molar-refractivity contribution in [1.82, 2.24) is 0 Å². The molecule has 3 aromatic carbocycles. The van der Waals surface area contributed by atoms with Crippen molar-refractivity contribution in [3.63, 3.8) is 0 Å². The zero-order chi connectivity index (χ0) is 20.5. The molecule has 0 amide bonds. The predicted molar refractivity (Wildman–Crippen MR) is 118 cm³/mol. The van der Waals surface area contributed by atoms with Gasteiger partial charge in [0.2, 0.25) is 0 Å². The molecule has 0 heterocycles. The van der Waals surface area contributed by atoms with E-state index in [0.29, 0.717) is 6.61 Å². The smallest absolute Gasteiger partial charge is 0.331 e. The number of esters is 1. The van der Waals surface area contributed by atoms with Crippen molar-refractivity contribution in [2.45, 2.75) is 18.9 Å². The molecule has 0 aliphatic carbocycles. The van der Waals surface area contributed by atoms with Crippen molar-refractivity contribution < 1.29 is 9.53 Å². The van der Waals surface area contributed by atoms with Gasteiger partial charge in [-0.2, -0.15) is 0 Å². The van der Waals surface area contributed by atoms with Gasteiger partial charge in [0.05, 0.1) is 12.3 Å². The normalized spacial score (nSPS) is 12.4. The molecule has 0 aliphatic heterocycles. The fraction of sp³-hybridized carbons (Fsp3) is 0.154. The Morgan fingerprint density at radius 2 is 1.38 bits per heavy atom. The highest BCUT2D eigenvalue weighted by atomic mass is 16.5. The molecule has 0 aliphatic rings. The van der Waals surface area contributed by atoms with Crippen molar-refractivity contribution in [3.05, 3.63) is 120 Å². The highest BCUT2D eigenvalue weighted by Gasteiger charge is 2.29. The third-order valence-corrected chi connectivity index (χ3v) is 4.67. The number of carbonyl (C=O) groups excluding carboxylic acids is 1. The zero-order valence-electron chi connectivity index (χ0n) is 16.6. The first kappa shape index (κ1) is 20.3. The lowest BCUT2D eigenvalue weighted by Crippen LogP contribution is -2.29. The van der Waals surface area contributed by atoms with Crippen LogP contribution >= 0.6 is 0 Å². The van der Waals surface area contributed by atoms with Gasteiger partial charge in [-0.05, 0) is 12.5 Å². The van der Waals surface area contributed by atoms with Crippen LogP contribution < -0.4 is 0 Å². The van der Waals surface area contributed by atoms with E-state index < -0.39 is 6.04 Å². The molecule has 0 saturated carbocycles. The number of benzene rings is 3. The summed E-state index contributed by atoms with van der Waals surface area (Å²) in [6.07, 6.45) is 1.77. The number of carbonyl (C=O) groups is 1. The van der Waals surface area contributed by atoms with E-state index in [0.717, 1.165) is 22.4 Å². The van der Waals surface area contributed by atoms with Crippen LogP contribution in [0.4, 0.5) is 0 Å². The summed E-state index contributed by atoms with van der Waals surface area (Å²) in [6.45, 7) is 6.08. The van der Waals surface area contributed by atoms with Crippen LogP contribution in [0, 0.1) is 0 Å². The van der Waals surface area contributed by atoms with E-state index in [1.54, 1.807) is 13.0 Å². The molecule has 0 unspecified atom stereocenters. The van der Waals surface area contributed by atoms with Crippen molar-refractivity contribution in [1.29, 1.82) is 0 Å². The number of aliphatic imine (C=N–C) groups is 1. The number of hydrogen-bond donors (Lipinski definition) is 0. The van der Waals surface area contributed by atoms with Gasteiger partial charge in [0.15, 0.2) is 6.04 Å². The molecule has 3 heteroatoms. The van der Waals surface area contributed by atoms with Gasteiger partial charge in [0, 0.05) is 17.0 Å². The fourth-order valence-electron chi connectivity index (χ4n) is 3.28. The van der Waals surface area contributed by atoms with E-state index >= 15 is 0 Å². The summed E-state index contributed by atoms with van der Waals surface area (Å²) in [5.74, 6) is -0.650. The lowest BCUT2D eigenvalue weighted by Gasteiger charge is -2.22. The Labute approximate surface area is 172 Å². The predicted octanol–water partition coefficient (Wildman–Crippen LogP) is 5.43. The van der Waals surface area contributed by atoms with E-state index in [2.05, 4.69) is 6.58 Å². The maximum Gasteiger partial charge on any atom is 0.331 e. The third kappa shape index (κ3) is 5.08. The van der Waals surface area contributed by atoms with E-state index in [4.69, 9.17) is 9.73 Å². The van der Waals surface area contributed by atoms with Crippen molar-refractivity contribution in [2.24, 2.45) is 4.99 Å². The average molecular weight is 383 g/mol. The molecule has 0 radical (unpaired) electrons. The van der Waals surface area contributed by atoms with Crippen LogP contribution in [0.3, 0.4) is 0 Å². The lowest BCUT2D eigenvalue weighted by molar-refractivity contribution is -0.144. The molecule has 0 N–H and O–H groups in total. The highest BCUT2D eigenvalue weighted by molar-refractivity contribution is 6.13. The summed E-state index contributed by atoms with van der Waals surface area (Å²) < 4.78 is 5.39. The maximum atomic E-state index is 12.9. The monoisotopic (exact) mass is 383 g/mol. The maximum absolute atomic E-state index is 12.9. The molecule has 0 bridgehead atoms. The number of nitrogens with zero attached hydrogens (tertiary/aromatic N) is 1. The molecule has 3 nitrogen and oxygen atoms in total. The second kappa shape index (κ2) is 10.2. The van der Waals surface area contributed by atoms with Crippen LogP contribution in [0.25, 0.3) is 0 Å². The zero-order valence-corrected chi connectivity index (χ0v) is 16.6. The Morgan fingerprint density at radius 3 is 1.83 bits per heavy atom. The van der Waals surface area contributed by atoms with E-state index in [9.17, 15) is 4.79 Å². The molecule has 0 fully saturated rings. The summed E-state index contributed by atoms with van der Waals surface area (Å²) in [6, 6.07) is 28.9. The minimum Gasteiger partial charge on any atom is -0.464 e. The Morgan fingerprint density at radius 1 is 0.897 bits per heavy atom. The lowest BCUT2D eigenvalue weighted by atomic mass is 9.91. The molecule has 3 aromatic rings. The molecule has 29 heavy (non-hydrogen) atoms. The van der Waals surface area contributed by atoms with E-state index in [1.807, 2.05) is 91.0 Å². The topological polar surface area (TPSA) is 38.7 Å². The molecular weight excluding hydrogens is 358 g/mol. The van der Waals surface area contributed by atoms with Gasteiger partial charge in [0.25, 0.3) is 0 Å². The van der Waals surface area contributed by atoms with Crippen LogP contribution in [-0.2, 0) is 9.53 Å².